The number of hydrogen-bond acceptors (Lipinski definition) is 5. The predicted molar refractivity (Wildman–Crippen MR) is 95.2 cm³/mol. The molecule has 0 aliphatic carbocycles. The van der Waals surface area contributed by atoms with Gasteiger partial charge in [-0.3, -0.25) is 9.69 Å². The van der Waals surface area contributed by atoms with E-state index < -0.39 is 0 Å². The molecule has 132 valence electrons. The molecule has 0 unspecified atom stereocenters. The van der Waals surface area contributed by atoms with Crippen LogP contribution >= 0.6 is 0 Å². The lowest BCUT2D eigenvalue weighted by Crippen LogP contribution is -2.49. The molecule has 1 amide bonds. The van der Waals surface area contributed by atoms with Gasteiger partial charge in [-0.05, 0) is 30.7 Å². The molecule has 0 bridgehead atoms. The Morgan fingerprint density at radius 2 is 2.00 bits per heavy atom. The van der Waals surface area contributed by atoms with E-state index in [0.29, 0.717) is 6.54 Å². The number of benzene rings is 1. The predicted octanol–water partition coefficient (Wildman–Crippen LogP) is 2.20. The molecule has 1 atom stereocenters. The summed E-state index contributed by atoms with van der Waals surface area (Å²) in [5.41, 5.74) is 2.18. The minimum absolute atomic E-state index is 0.121. The van der Waals surface area contributed by atoms with Crippen LogP contribution in [0.1, 0.15) is 30.0 Å². The molecule has 1 aromatic carbocycles. The van der Waals surface area contributed by atoms with Crippen LogP contribution in [0.15, 0.2) is 36.5 Å². The molecule has 2 heterocycles. The smallest absolute Gasteiger partial charge is 0.219 e. The van der Waals surface area contributed by atoms with Crippen molar-refractivity contribution in [3.8, 4) is 5.75 Å². The third kappa shape index (κ3) is 4.14. The van der Waals surface area contributed by atoms with Crippen LogP contribution in [0.2, 0.25) is 0 Å². The number of carbonyl (C=O) groups is 1. The van der Waals surface area contributed by atoms with Gasteiger partial charge in [-0.2, -0.15) is 0 Å². The number of aryl methyl sites for hydroxylation is 1. The molecule has 2 aromatic rings. The first-order valence-corrected chi connectivity index (χ1v) is 8.49. The van der Waals surface area contributed by atoms with Crippen LogP contribution in [0, 0.1) is 6.92 Å². The van der Waals surface area contributed by atoms with E-state index in [1.807, 2.05) is 30.0 Å². The van der Waals surface area contributed by atoms with Gasteiger partial charge in [0.1, 0.15) is 11.6 Å². The maximum Gasteiger partial charge on any atom is 0.219 e. The van der Waals surface area contributed by atoms with Crippen molar-refractivity contribution in [2.24, 2.45) is 0 Å². The van der Waals surface area contributed by atoms with Gasteiger partial charge in [0.15, 0.2) is 0 Å². The molecule has 1 aliphatic rings. The van der Waals surface area contributed by atoms with Crippen LogP contribution in [0.4, 0.5) is 0 Å². The van der Waals surface area contributed by atoms with E-state index in [-0.39, 0.29) is 11.9 Å². The van der Waals surface area contributed by atoms with Gasteiger partial charge >= 0.3 is 0 Å². The second kappa shape index (κ2) is 7.61. The van der Waals surface area contributed by atoms with Crippen LogP contribution in [0.5, 0.6) is 5.75 Å². The molecule has 1 saturated heterocycles. The Bertz CT molecular complexity index is 732. The summed E-state index contributed by atoms with van der Waals surface area (Å²) in [5, 5.41) is 0. The number of nitrogens with zero attached hydrogens (tertiary/aromatic N) is 4. The van der Waals surface area contributed by atoms with Crippen molar-refractivity contribution in [3.63, 3.8) is 0 Å². The summed E-state index contributed by atoms with van der Waals surface area (Å²) in [6.45, 7) is 6.52. The fourth-order valence-electron chi connectivity index (χ4n) is 3.24. The molecule has 0 saturated carbocycles. The Hall–Kier alpha value is -2.47. The fourth-order valence-corrected chi connectivity index (χ4v) is 3.24. The zero-order chi connectivity index (χ0) is 17.8. The van der Waals surface area contributed by atoms with Crippen molar-refractivity contribution >= 4 is 5.91 Å². The van der Waals surface area contributed by atoms with Crippen molar-refractivity contribution in [2.45, 2.75) is 26.4 Å². The number of piperazine rings is 1. The molecule has 0 N–H and O–H groups in total. The monoisotopic (exact) mass is 340 g/mol. The lowest BCUT2D eigenvalue weighted by molar-refractivity contribution is -0.132. The normalized spacial score (nSPS) is 18.2. The lowest BCUT2D eigenvalue weighted by atomic mass is 10.0. The first kappa shape index (κ1) is 17.4. The maximum absolute atomic E-state index is 11.9. The van der Waals surface area contributed by atoms with Gasteiger partial charge in [0.25, 0.3) is 0 Å². The third-order valence-electron chi connectivity index (χ3n) is 4.64. The summed E-state index contributed by atoms with van der Waals surface area (Å²) in [4.78, 5) is 24.8. The molecule has 25 heavy (non-hydrogen) atoms. The number of ether oxygens (including phenoxy) is 1. The zero-order valence-corrected chi connectivity index (χ0v) is 15.0. The van der Waals surface area contributed by atoms with Crippen molar-refractivity contribution < 1.29 is 9.53 Å². The minimum Gasteiger partial charge on any atom is -0.497 e. The molecule has 0 radical (unpaired) electrons. The van der Waals surface area contributed by atoms with Gasteiger partial charge in [-0.1, -0.05) is 12.1 Å². The summed E-state index contributed by atoms with van der Waals surface area (Å²) in [6, 6.07) is 10.2. The molecular formula is C19H24N4O2. The van der Waals surface area contributed by atoms with Gasteiger partial charge in [0.05, 0.1) is 18.8 Å². The fraction of sp³-hybridized carbons (Fsp3) is 0.421. The highest BCUT2D eigenvalue weighted by molar-refractivity contribution is 5.73. The topological polar surface area (TPSA) is 58.6 Å². The highest BCUT2D eigenvalue weighted by Crippen LogP contribution is 2.28. The molecule has 3 rings (SSSR count). The largest absolute Gasteiger partial charge is 0.497 e. The summed E-state index contributed by atoms with van der Waals surface area (Å²) in [6.07, 6.45) is 1.80. The van der Waals surface area contributed by atoms with Crippen molar-refractivity contribution in [3.05, 3.63) is 53.6 Å². The average Bonchev–Trinajstić information content (AvgIpc) is 2.62. The van der Waals surface area contributed by atoms with E-state index in [0.717, 1.165) is 36.9 Å². The Balaban J connectivity index is 1.84. The van der Waals surface area contributed by atoms with Gasteiger partial charge in [-0.25, -0.2) is 9.97 Å². The van der Waals surface area contributed by atoms with Crippen molar-refractivity contribution in [1.29, 1.82) is 0 Å². The quantitative estimate of drug-likeness (QED) is 0.854. The molecule has 1 aliphatic heterocycles. The van der Waals surface area contributed by atoms with E-state index in [1.165, 1.54) is 5.56 Å². The van der Waals surface area contributed by atoms with Crippen LogP contribution in [0.3, 0.4) is 0 Å². The Kier molecular flexibility index (Phi) is 5.28. The number of carbonyl (C=O) groups excluding carboxylic acids is 1. The molecule has 0 spiro atoms. The highest BCUT2D eigenvalue weighted by atomic mass is 16.5. The molecular weight excluding hydrogens is 316 g/mol. The Labute approximate surface area is 148 Å². The third-order valence-corrected chi connectivity index (χ3v) is 4.64. The molecule has 1 fully saturated rings. The Morgan fingerprint density at radius 1 is 1.24 bits per heavy atom. The second-order valence-electron chi connectivity index (χ2n) is 6.32. The summed E-state index contributed by atoms with van der Waals surface area (Å²) < 4.78 is 5.26. The first-order valence-electron chi connectivity index (χ1n) is 8.49. The number of methoxy groups -OCH3 is 1. The summed E-state index contributed by atoms with van der Waals surface area (Å²) >= 11 is 0. The minimum atomic E-state index is 0.121. The van der Waals surface area contributed by atoms with E-state index in [4.69, 9.17) is 4.74 Å². The van der Waals surface area contributed by atoms with Crippen LogP contribution in [0.25, 0.3) is 0 Å². The van der Waals surface area contributed by atoms with Crippen LogP contribution in [-0.2, 0) is 11.3 Å². The number of hydrogen-bond donors (Lipinski definition) is 0. The number of amides is 1. The van der Waals surface area contributed by atoms with Crippen molar-refractivity contribution in [1.82, 2.24) is 19.8 Å². The number of rotatable bonds is 4. The van der Waals surface area contributed by atoms with Gasteiger partial charge in [-0.15, -0.1) is 0 Å². The second-order valence-corrected chi connectivity index (χ2v) is 6.32. The van der Waals surface area contributed by atoms with Gasteiger partial charge in [0.2, 0.25) is 5.91 Å². The van der Waals surface area contributed by atoms with E-state index >= 15 is 0 Å². The summed E-state index contributed by atoms with van der Waals surface area (Å²) in [5.74, 6) is 1.73. The summed E-state index contributed by atoms with van der Waals surface area (Å²) in [7, 11) is 1.66. The lowest BCUT2D eigenvalue weighted by Gasteiger charge is -2.41. The SMILES string of the molecule is COc1ccc([C@H]2CN(C(C)=O)CCN2Cc2ccnc(C)n2)cc1. The standard InChI is InChI=1S/C19H24N4O2/c1-14-20-9-8-17(21-14)12-23-11-10-22(15(2)24)13-19(23)16-4-6-18(25-3)7-5-16/h4-9,19H,10-13H2,1-3H3/t19-/m1/s1. The van der Waals surface area contributed by atoms with Gasteiger partial charge in [0, 0.05) is 39.3 Å². The highest BCUT2D eigenvalue weighted by Gasteiger charge is 2.29. The first-order chi connectivity index (χ1) is 12.1. The van der Waals surface area contributed by atoms with E-state index in [9.17, 15) is 4.79 Å². The molecule has 6 heteroatoms. The molecule has 6 nitrogen and oxygen atoms in total. The van der Waals surface area contributed by atoms with Crippen LogP contribution in [-0.4, -0.2) is 52.4 Å². The Morgan fingerprint density at radius 3 is 2.64 bits per heavy atom. The maximum atomic E-state index is 11.9. The number of aromatic nitrogens is 2. The average molecular weight is 340 g/mol. The van der Waals surface area contributed by atoms with E-state index in [2.05, 4.69) is 27.0 Å². The van der Waals surface area contributed by atoms with Gasteiger partial charge < -0.3 is 9.64 Å². The van der Waals surface area contributed by atoms with E-state index in [1.54, 1.807) is 20.2 Å². The van der Waals surface area contributed by atoms with Crippen molar-refractivity contribution in [2.75, 3.05) is 26.7 Å². The molecule has 1 aromatic heterocycles. The van der Waals surface area contributed by atoms with Crippen LogP contribution < -0.4 is 4.74 Å². The zero-order valence-electron chi connectivity index (χ0n) is 15.0.